The Morgan fingerprint density at radius 2 is 0.620 bits per heavy atom. The molecule has 10 rings (SSSR count). The fraction of sp³-hybridized carbons (Fsp3) is 0.452. The fourth-order valence-corrected chi connectivity index (χ4v) is 19.0. The van der Waals surface area contributed by atoms with E-state index in [1.54, 1.807) is 178 Å². The van der Waals surface area contributed by atoms with Crippen molar-refractivity contribution in [1.82, 2.24) is 0 Å². The molecular formula is C84H127B4Br3N14O28S4. The van der Waals surface area contributed by atoms with E-state index in [0.29, 0.717) is 107 Å². The van der Waals surface area contributed by atoms with E-state index in [9.17, 15) is 68.2 Å². The number of nitrogens with zero attached hydrogens (tertiary/aromatic N) is 3. The highest BCUT2D eigenvalue weighted by Gasteiger charge is 2.55. The summed E-state index contributed by atoms with van der Waals surface area (Å²) in [7, 11) is -21.5. The molecular weight excluding hydrogens is 2060 g/mol. The lowest BCUT2D eigenvalue weighted by atomic mass is 9.78. The minimum atomic E-state index is -4.43. The summed E-state index contributed by atoms with van der Waals surface area (Å²) in [6, 6.07) is 32.4. The first-order chi connectivity index (χ1) is 61.2. The van der Waals surface area contributed by atoms with Gasteiger partial charge in [-0.25, -0.2) is 52.8 Å². The van der Waals surface area contributed by atoms with E-state index in [1.807, 2.05) is 67.5 Å². The van der Waals surface area contributed by atoms with Crippen LogP contribution in [0.1, 0.15) is 166 Å². The molecule has 7 aromatic carbocycles. The Hall–Kier alpha value is -9.52. The van der Waals surface area contributed by atoms with Crippen LogP contribution in [0.4, 0.5) is 98.8 Å². The van der Waals surface area contributed by atoms with Gasteiger partial charge in [-0.05, 0) is 297 Å². The van der Waals surface area contributed by atoms with Crippen LogP contribution in [0.15, 0.2) is 141 Å². The summed E-state index contributed by atoms with van der Waals surface area (Å²) in [5.41, 5.74) is 34.1. The number of nitro benzene ring substituents is 1. The zero-order valence-corrected chi connectivity index (χ0v) is 89.7. The third-order valence-corrected chi connectivity index (χ3v) is 26.9. The number of rotatable bonds is 16. The molecule has 0 aromatic heterocycles. The summed E-state index contributed by atoms with van der Waals surface area (Å²) in [5.74, 6) is 0. The number of hydrogen-bond acceptors (Lipinski definition) is 33. The highest BCUT2D eigenvalue weighted by Crippen LogP contribution is 2.41. The van der Waals surface area contributed by atoms with E-state index in [0.717, 1.165) is 28.1 Å². The van der Waals surface area contributed by atoms with Crippen LogP contribution in [0.5, 0.6) is 0 Å². The number of carbonyl (C=O) groups is 4. The van der Waals surface area contributed by atoms with Crippen molar-refractivity contribution in [3.05, 3.63) is 156 Å². The third kappa shape index (κ3) is 40.0. The molecule has 0 spiro atoms. The number of ether oxygens (including phenoxy) is 4. The third-order valence-electron chi connectivity index (χ3n) is 19.1. The molecule has 137 heavy (non-hydrogen) atoms. The quantitative estimate of drug-likeness (QED) is 0.0140. The van der Waals surface area contributed by atoms with Gasteiger partial charge in [-0.1, -0.05) is 47.8 Å². The van der Waals surface area contributed by atoms with Gasteiger partial charge in [0.05, 0.1) is 81.0 Å². The Kier molecular flexibility index (Phi) is 41.5. The molecule has 0 bridgehead atoms. The van der Waals surface area contributed by atoms with Crippen LogP contribution in [0, 0.1) is 15.3 Å². The van der Waals surface area contributed by atoms with Gasteiger partial charge in [0.1, 0.15) is 28.1 Å². The standard InChI is InChI=1S/C22H35BN2O6.C16H27BN2O10S4.C16H23BrN2O4.C12H19BN2O2.C6H9BN2O2.C6H5BrN2O3.C6H7BrN2.H2O/c1-19(2,3)28-17(26)24-15-11-14(23-30-21(7,8)22(9,10)31-23)12-16(13-15)25-18(27)29-20(4,5)6;1-15(2)16(3,4)29-17(28-15)12-9-13(18(30(5,20)21)31(6,22)23)11-14(10-12)19(32(7,24)25)33(8,26)27;1-15(2,3)22-13(20)18-11-7-10(17)8-12(9-11)19-14(21)23-16(4,5)6;1-11(2)12(3,4)17-13(16-11)8-5-9(14)7-10(15)6-8;8-5-1-4(7(10)11)2-6(9)3-5;7-4-1-5(8-10)3-6(2-4)9(11)12;7-4-1-5(8)3-6(9)2-4;/h11-13H,1-10H3,(H,24,26)(H,25,27);9-11H,1-8H3;7-9H,1-6H3,(H,18,20)(H,19,21);5-7H,14-15H2,1-4H3;1-3,10-11H,8-9H2;1-3H,8H2;1-3H,8-9H2;1H2. The number of nitrogens with one attached hydrogen (secondary N) is 4. The molecule has 0 aliphatic carbocycles. The molecule has 4 amide bonds. The summed E-state index contributed by atoms with van der Waals surface area (Å²) in [4.78, 5) is 57.9. The number of sulfonamides is 4. The van der Waals surface area contributed by atoms with Gasteiger partial charge in [0.25, 0.3) is 5.69 Å². The summed E-state index contributed by atoms with van der Waals surface area (Å²) in [5, 5.41) is 48.7. The number of anilines is 12. The van der Waals surface area contributed by atoms with Crippen molar-refractivity contribution in [3.8, 4) is 0 Å². The normalized spacial score (nSPS) is 15.5. The van der Waals surface area contributed by atoms with Crippen LogP contribution in [0.3, 0.4) is 0 Å². The lowest BCUT2D eigenvalue weighted by Gasteiger charge is -2.32. The minimum Gasteiger partial charge on any atom is -0.630 e. The number of halogens is 3. The van der Waals surface area contributed by atoms with Crippen LogP contribution in [-0.4, -0.2) is 188 Å². The van der Waals surface area contributed by atoms with Gasteiger partial charge in [0.2, 0.25) is 40.1 Å². The van der Waals surface area contributed by atoms with Gasteiger partial charge in [0.15, 0.2) is 0 Å². The zero-order chi connectivity index (χ0) is 105. The highest BCUT2D eigenvalue weighted by atomic mass is 79.9. The Labute approximate surface area is 828 Å². The number of nitrogens with two attached hydrogens (primary N) is 7. The monoisotopic (exact) mass is 2190 g/mol. The van der Waals surface area contributed by atoms with Crippen LogP contribution in [0.2, 0.25) is 0 Å². The lowest BCUT2D eigenvalue weighted by Crippen LogP contribution is -2.70. The van der Waals surface area contributed by atoms with E-state index in [-0.39, 0.29) is 40.9 Å². The molecule has 3 heterocycles. The second kappa shape index (κ2) is 46.7. The molecule has 42 nitrogen and oxygen atoms in total. The van der Waals surface area contributed by atoms with Crippen LogP contribution in [0.25, 0.3) is 0 Å². The average Bonchev–Trinajstić information content (AvgIpc) is 1.70. The van der Waals surface area contributed by atoms with Crippen molar-refractivity contribution in [1.29, 1.82) is 0 Å². The van der Waals surface area contributed by atoms with Gasteiger partial charge in [-0.2, -0.15) is 7.42 Å². The summed E-state index contributed by atoms with van der Waals surface area (Å²) in [6.07, 6.45) is 0.196. The second-order valence-corrected chi connectivity index (χ2v) is 48.8. The van der Waals surface area contributed by atoms with Crippen molar-refractivity contribution in [3.63, 3.8) is 0 Å². The topological polar surface area (TPSA) is 663 Å². The smallest absolute Gasteiger partial charge is 0.494 e. The molecule has 3 fully saturated rings. The zero-order valence-electron chi connectivity index (χ0n) is 81.7. The molecule has 3 saturated heterocycles. The first kappa shape index (κ1) is 122. The van der Waals surface area contributed by atoms with Crippen LogP contribution < -0.4 is 90.4 Å². The largest absolute Gasteiger partial charge is 0.630 e. The highest BCUT2D eigenvalue weighted by molar-refractivity contribution is 9.11. The van der Waals surface area contributed by atoms with Gasteiger partial charge in [-0.3, -0.25) is 31.4 Å². The maximum atomic E-state index is 12.3. The first-order valence-electron chi connectivity index (χ1n) is 41.2. The van der Waals surface area contributed by atoms with Gasteiger partial charge >= 0.3 is 52.8 Å². The van der Waals surface area contributed by atoms with Crippen LogP contribution in [-0.2, 0) is 87.0 Å². The summed E-state index contributed by atoms with van der Waals surface area (Å²) >= 11 is 9.64. The molecule has 3 aliphatic rings. The molecule has 0 unspecified atom stereocenters. The van der Waals surface area contributed by atoms with Gasteiger partial charge in [-0.15, -0.1) is 0 Å². The van der Waals surface area contributed by atoms with E-state index in [2.05, 4.69) is 69.1 Å². The van der Waals surface area contributed by atoms with E-state index >= 15 is 0 Å². The number of nitro groups is 1. The van der Waals surface area contributed by atoms with E-state index < -0.39 is 154 Å². The van der Waals surface area contributed by atoms with Crippen molar-refractivity contribution >= 4 is 242 Å². The molecule has 758 valence electrons. The van der Waals surface area contributed by atoms with Crippen molar-refractivity contribution < 1.29 is 126 Å². The van der Waals surface area contributed by atoms with Gasteiger partial charge < -0.3 is 107 Å². The summed E-state index contributed by atoms with van der Waals surface area (Å²) < 4.78 is 158. The van der Waals surface area contributed by atoms with Crippen molar-refractivity contribution in [2.24, 2.45) is 0 Å². The average molecular weight is 2190 g/mol. The van der Waals surface area contributed by atoms with Crippen LogP contribution >= 0.6 is 47.8 Å². The Morgan fingerprint density at radius 3 is 0.861 bits per heavy atom. The molecule has 53 heteroatoms. The number of quaternary nitrogens is 1. The molecule has 7 aromatic rings. The maximum Gasteiger partial charge on any atom is 0.494 e. The molecule has 0 atom stereocenters. The Bertz CT molecular complexity index is 5570. The van der Waals surface area contributed by atoms with E-state index in [1.165, 1.54) is 30.3 Å². The number of hydrogen-bond donors (Lipinski definition) is 13. The number of benzene rings is 7. The summed E-state index contributed by atoms with van der Waals surface area (Å²) in [6.45, 7) is 44.2. The number of carbonyl (C=O) groups excluding carboxylic acids is 4. The minimum absolute atomic E-state index is 0. The number of non-ortho nitro benzene ring substituents is 1. The Balaban J connectivity index is 0.000000429. The Morgan fingerprint density at radius 1 is 0.387 bits per heavy atom. The van der Waals surface area contributed by atoms with Gasteiger partial charge in [0, 0.05) is 82.4 Å². The number of nitrogen functional groups attached to an aromatic ring is 6. The molecule has 3 aliphatic heterocycles. The maximum absolute atomic E-state index is 12.3. The van der Waals surface area contributed by atoms with E-state index in [4.69, 9.17) is 91.3 Å². The predicted octanol–water partition coefficient (Wildman–Crippen LogP) is 10.8. The second-order valence-electron chi connectivity index (χ2n) is 38.2. The lowest BCUT2D eigenvalue weighted by molar-refractivity contribution is -0.497. The van der Waals surface area contributed by atoms with Crippen molar-refractivity contribution in [2.45, 2.75) is 222 Å². The number of amides is 4. The molecule has 0 saturated carbocycles. The fourth-order valence-electron chi connectivity index (χ4n) is 11.6. The first-order valence-corrected chi connectivity index (χ1v) is 51.0. The molecule has 22 N–H and O–H groups in total. The molecule has 0 radical (unpaired) electrons. The van der Waals surface area contributed by atoms with Crippen molar-refractivity contribution in [2.75, 3.05) is 88.1 Å². The predicted molar refractivity (Wildman–Crippen MR) is 551 cm³/mol. The SMILES string of the molecule is CC(C)(C)OC(=O)Nc1cc(Br)cc(NC(=O)OC(C)(C)C)c1.CC(C)(C)OC(=O)Nc1cc(NC(=O)OC(C)(C)C)cc(B2OC(C)(C)C(C)(C)O2)c1.CC1(C)OB(c2cc(N(S(C)(=O)=O)S(C)(=O)=O)cc(N(S(C)(=O)=O)S(C)(=O)=O)c2)OC1(C)C.CC1(C)OB(c2cc(N)cc(N)c2)OC1(C)C.Nc1cc(N)cc(B(O)O)c1.Nc1cc(N)cc(Br)c1.O.O=[N+]([O-])c1cc(Br)cc([NH2+][O-])c1.